The minimum atomic E-state index is -0.484. The van der Waals surface area contributed by atoms with Crippen LogP contribution in [0.5, 0.6) is 5.88 Å². The quantitative estimate of drug-likeness (QED) is 0.446. The van der Waals surface area contributed by atoms with Crippen LogP contribution in [0.25, 0.3) is 22.0 Å². The number of hydrogen-bond acceptors (Lipinski definition) is 2. The largest absolute Gasteiger partial charge is 0.494 e. The molecular weight excluding hydrogens is 353 g/mol. The van der Waals surface area contributed by atoms with E-state index in [0.717, 1.165) is 11.1 Å². The number of nitrogens with one attached hydrogen (secondary N) is 1. The molecule has 2 N–H and O–H groups in total. The molecule has 3 aromatic carbocycles. The van der Waals surface area contributed by atoms with Crippen molar-refractivity contribution in [3.05, 3.63) is 89.2 Å². The van der Waals surface area contributed by atoms with E-state index in [1.807, 2.05) is 18.2 Å². The van der Waals surface area contributed by atoms with Crippen molar-refractivity contribution < 1.29 is 14.3 Å². The molecule has 1 fully saturated rings. The molecule has 0 atom stereocenters. The van der Waals surface area contributed by atoms with Gasteiger partial charge in [0.15, 0.2) is 5.78 Å². The smallest absolute Gasteiger partial charge is 0.200 e. The maximum Gasteiger partial charge on any atom is 0.200 e. The average molecular weight is 371 g/mol. The van der Waals surface area contributed by atoms with Gasteiger partial charge in [-0.3, -0.25) is 4.79 Å². The second kappa shape index (κ2) is 6.34. The first kappa shape index (κ1) is 16.8. The van der Waals surface area contributed by atoms with Crippen LogP contribution in [0.2, 0.25) is 0 Å². The molecule has 4 aromatic rings. The number of ketones is 1. The molecular formula is C24H18FNO2. The topological polar surface area (TPSA) is 53.1 Å². The minimum Gasteiger partial charge on any atom is -0.494 e. The Morgan fingerprint density at radius 2 is 1.71 bits per heavy atom. The summed E-state index contributed by atoms with van der Waals surface area (Å²) in [5, 5.41) is 10.9. The molecule has 0 spiro atoms. The average Bonchev–Trinajstić information content (AvgIpc) is 3.50. The van der Waals surface area contributed by atoms with Gasteiger partial charge in [-0.05, 0) is 53.6 Å². The first-order valence-electron chi connectivity index (χ1n) is 9.35. The molecule has 1 aliphatic carbocycles. The van der Waals surface area contributed by atoms with Crippen molar-refractivity contribution >= 4 is 16.7 Å². The summed E-state index contributed by atoms with van der Waals surface area (Å²) in [5.41, 5.74) is 4.50. The van der Waals surface area contributed by atoms with Crippen LogP contribution in [0.3, 0.4) is 0 Å². The molecule has 0 radical (unpaired) electrons. The van der Waals surface area contributed by atoms with E-state index in [4.69, 9.17) is 0 Å². The number of aromatic nitrogens is 1. The predicted octanol–water partition coefficient (Wildman–Crippen LogP) is 5.79. The SMILES string of the molecule is O=C(c1cccc(F)c1)c1c(O)[nH]c2cc(-c3ccc(C4CC4)cc3)ccc12. The molecule has 1 saturated carbocycles. The fourth-order valence-electron chi connectivity index (χ4n) is 3.73. The van der Waals surface area contributed by atoms with Gasteiger partial charge < -0.3 is 10.1 Å². The monoisotopic (exact) mass is 371 g/mol. The summed E-state index contributed by atoms with van der Waals surface area (Å²) in [5.74, 6) is -0.384. The molecule has 3 nitrogen and oxygen atoms in total. The lowest BCUT2D eigenvalue weighted by molar-refractivity contribution is 0.103. The van der Waals surface area contributed by atoms with Crippen LogP contribution >= 0.6 is 0 Å². The van der Waals surface area contributed by atoms with E-state index >= 15 is 0 Å². The number of carbonyl (C=O) groups is 1. The zero-order valence-corrected chi connectivity index (χ0v) is 15.1. The third kappa shape index (κ3) is 2.87. The number of aromatic amines is 1. The molecule has 0 saturated heterocycles. The highest BCUT2D eigenvalue weighted by Crippen LogP contribution is 2.40. The van der Waals surface area contributed by atoms with Crippen molar-refractivity contribution in [2.24, 2.45) is 0 Å². The Morgan fingerprint density at radius 3 is 2.43 bits per heavy atom. The lowest BCUT2D eigenvalue weighted by Gasteiger charge is -2.05. The van der Waals surface area contributed by atoms with E-state index < -0.39 is 11.6 Å². The summed E-state index contributed by atoms with van der Waals surface area (Å²) in [6.45, 7) is 0. The van der Waals surface area contributed by atoms with Crippen molar-refractivity contribution in [3.63, 3.8) is 0 Å². The molecule has 0 bridgehead atoms. The number of hydrogen-bond donors (Lipinski definition) is 2. The molecule has 0 amide bonds. The van der Waals surface area contributed by atoms with Crippen molar-refractivity contribution in [3.8, 4) is 17.0 Å². The van der Waals surface area contributed by atoms with Crippen molar-refractivity contribution in [1.82, 2.24) is 4.98 Å². The molecule has 1 heterocycles. The van der Waals surface area contributed by atoms with Crippen LogP contribution in [0.1, 0.15) is 40.2 Å². The molecule has 4 heteroatoms. The Balaban J connectivity index is 1.54. The summed E-state index contributed by atoms with van der Waals surface area (Å²) in [6.07, 6.45) is 2.55. The highest BCUT2D eigenvalue weighted by Gasteiger charge is 2.23. The van der Waals surface area contributed by atoms with Crippen LogP contribution in [0, 0.1) is 5.82 Å². The van der Waals surface area contributed by atoms with Gasteiger partial charge in [0.25, 0.3) is 0 Å². The van der Waals surface area contributed by atoms with Crippen LogP contribution in [0.4, 0.5) is 4.39 Å². The number of benzene rings is 3. The predicted molar refractivity (Wildman–Crippen MR) is 107 cm³/mol. The Hall–Kier alpha value is -3.40. The van der Waals surface area contributed by atoms with Gasteiger partial charge in [0.2, 0.25) is 5.88 Å². The summed E-state index contributed by atoms with van der Waals surface area (Å²) < 4.78 is 13.5. The fourth-order valence-corrected chi connectivity index (χ4v) is 3.73. The third-order valence-corrected chi connectivity index (χ3v) is 5.39. The second-order valence-electron chi connectivity index (χ2n) is 7.34. The van der Waals surface area contributed by atoms with Crippen LogP contribution in [-0.2, 0) is 0 Å². The van der Waals surface area contributed by atoms with Crippen molar-refractivity contribution in [2.45, 2.75) is 18.8 Å². The van der Waals surface area contributed by atoms with Crippen molar-refractivity contribution in [2.75, 3.05) is 0 Å². The number of carbonyl (C=O) groups excluding carboxylic acids is 1. The molecule has 0 aliphatic heterocycles. The van der Waals surface area contributed by atoms with Gasteiger partial charge >= 0.3 is 0 Å². The molecule has 1 aliphatic rings. The first-order chi connectivity index (χ1) is 13.6. The normalized spacial score (nSPS) is 13.8. The third-order valence-electron chi connectivity index (χ3n) is 5.39. The number of aromatic hydroxyl groups is 1. The summed E-state index contributed by atoms with van der Waals surface area (Å²) in [7, 11) is 0. The molecule has 1 aromatic heterocycles. The van der Waals surface area contributed by atoms with E-state index in [1.165, 1.54) is 36.6 Å². The number of rotatable bonds is 4. The Kier molecular flexibility index (Phi) is 3.79. The number of halogens is 1. The van der Waals surface area contributed by atoms with Gasteiger partial charge in [-0.1, -0.05) is 48.5 Å². The Morgan fingerprint density at radius 1 is 0.964 bits per heavy atom. The number of H-pyrrole nitrogens is 1. The van der Waals surface area contributed by atoms with Gasteiger partial charge in [-0.25, -0.2) is 4.39 Å². The highest BCUT2D eigenvalue weighted by molar-refractivity contribution is 6.18. The summed E-state index contributed by atoms with van der Waals surface area (Å²) in [6, 6.07) is 19.7. The van der Waals surface area contributed by atoms with Gasteiger partial charge in [-0.15, -0.1) is 0 Å². The van der Waals surface area contributed by atoms with Crippen LogP contribution < -0.4 is 0 Å². The molecule has 28 heavy (non-hydrogen) atoms. The first-order valence-corrected chi connectivity index (χ1v) is 9.35. The minimum absolute atomic E-state index is 0.163. The van der Waals surface area contributed by atoms with E-state index in [9.17, 15) is 14.3 Å². The Bertz CT molecular complexity index is 1200. The summed E-state index contributed by atoms with van der Waals surface area (Å²) >= 11 is 0. The lowest BCUT2D eigenvalue weighted by Crippen LogP contribution is -2.01. The van der Waals surface area contributed by atoms with Crippen LogP contribution in [0.15, 0.2) is 66.7 Å². The van der Waals surface area contributed by atoms with Gasteiger partial charge in [0.1, 0.15) is 5.82 Å². The zero-order valence-electron chi connectivity index (χ0n) is 15.1. The van der Waals surface area contributed by atoms with Gasteiger partial charge in [0.05, 0.1) is 5.56 Å². The molecule has 138 valence electrons. The second-order valence-corrected chi connectivity index (χ2v) is 7.34. The lowest BCUT2D eigenvalue weighted by atomic mass is 9.98. The van der Waals surface area contributed by atoms with Gasteiger partial charge in [0, 0.05) is 16.5 Å². The standard InChI is InChI=1S/C24H18FNO2/c25-19-3-1-2-18(12-19)23(27)22-20-11-10-17(13-21(20)26-24(22)28)16-8-6-15(7-9-16)14-4-5-14/h1-3,6-14,26,28H,4-5H2. The zero-order chi connectivity index (χ0) is 19.3. The maximum atomic E-state index is 13.5. The number of fused-ring (bicyclic) bond motifs is 1. The van der Waals surface area contributed by atoms with E-state index in [2.05, 4.69) is 29.2 Å². The maximum absolute atomic E-state index is 13.5. The Labute approximate surface area is 161 Å². The fraction of sp³-hybridized carbons (Fsp3) is 0.125. The molecule has 5 rings (SSSR count). The van der Waals surface area contributed by atoms with E-state index in [1.54, 1.807) is 6.07 Å². The van der Waals surface area contributed by atoms with Gasteiger partial charge in [-0.2, -0.15) is 0 Å². The van der Waals surface area contributed by atoms with Crippen molar-refractivity contribution in [1.29, 1.82) is 0 Å². The molecule has 0 unspecified atom stereocenters. The highest BCUT2D eigenvalue weighted by atomic mass is 19.1. The van der Waals surface area contributed by atoms with Crippen LogP contribution in [-0.4, -0.2) is 15.9 Å². The van der Waals surface area contributed by atoms with E-state index in [-0.39, 0.29) is 17.0 Å². The van der Waals surface area contributed by atoms with E-state index in [0.29, 0.717) is 16.8 Å². The summed E-state index contributed by atoms with van der Waals surface area (Å²) in [4.78, 5) is 15.7.